The third-order valence-electron chi connectivity index (χ3n) is 5.64. The summed E-state index contributed by atoms with van der Waals surface area (Å²) in [6.45, 7) is 0. The fourth-order valence-electron chi connectivity index (χ4n) is 3.88. The molecule has 4 aromatic rings. The molecule has 158 valence electrons. The average molecular weight is 419 g/mol. The molecule has 2 N–H and O–H groups in total. The molecule has 0 radical (unpaired) electrons. The Hall–Kier alpha value is -3.72. The molecule has 0 saturated heterocycles. The molecule has 0 aliphatic rings. The van der Waals surface area contributed by atoms with Crippen molar-refractivity contribution in [2.24, 2.45) is 0 Å². The maximum Gasteiger partial charge on any atom is 0.133 e. The van der Waals surface area contributed by atoms with Crippen LogP contribution in [0.4, 0.5) is 0 Å². The van der Waals surface area contributed by atoms with Gasteiger partial charge in [0.2, 0.25) is 0 Å². The van der Waals surface area contributed by atoms with Crippen LogP contribution in [-0.4, -0.2) is 10.2 Å². The Labute approximate surface area is 189 Å². The molecule has 0 spiro atoms. The van der Waals surface area contributed by atoms with Gasteiger partial charge in [0, 0.05) is 0 Å². The number of hydrogen-bond acceptors (Lipinski definition) is 2. The van der Waals surface area contributed by atoms with Crippen molar-refractivity contribution >= 4 is 0 Å². The molecular formula is C30H26O2. The summed E-state index contributed by atoms with van der Waals surface area (Å²) >= 11 is 0. The smallest absolute Gasteiger partial charge is 0.133 e. The van der Waals surface area contributed by atoms with Crippen LogP contribution < -0.4 is 0 Å². The molecule has 0 aromatic heterocycles. The zero-order valence-electron chi connectivity index (χ0n) is 17.8. The first kappa shape index (κ1) is 21.5. The molecule has 32 heavy (non-hydrogen) atoms. The molecule has 2 nitrogen and oxygen atoms in total. The topological polar surface area (TPSA) is 40.5 Å². The second kappa shape index (κ2) is 9.61. The average Bonchev–Trinajstić information content (AvgIpc) is 2.88. The van der Waals surface area contributed by atoms with E-state index >= 15 is 0 Å². The number of hydrogen-bond donors (Lipinski definition) is 2. The summed E-state index contributed by atoms with van der Waals surface area (Å²) in [5.41, 5.74) is 0.526. The quantitative estimate of drug-likeness (QED) is 0.363. The molecule has 0 saturated carbocycles. The van der Waals surface area contributed by atoms with Crippen LogP contribution in [0.2, 0.25) is 0 Å². The predicted molar refractivity (Wildman–Crippen MR) is 130 cm³/mol. The van der Waals surface area contributed by atoms with Crippen molar-refractivity contribution in [3.05, 3.63) is 168 Å². The first-order valence-corrected chi connectivity index (χ1v) is 10.7. The second-order valence-electron chi connectivity index (χ2n) is 7.72. The van der Waals surface area contributed by atoms with Crippen molar-refractivity contribution in [1.82, 2.24) is 0 Å². The largest absolute Gasteiger partial charge is 0.377 e. The highest BCUT2D eigenvalue weighted by molar-refractivity contribution is 5.43. The zero-order chi connectivity index (χ0) is 22.3. The molecule has 0 amide bonds. The van der Waals surface area contributed by atoms with E-state index in [4.69, 9.17) is 0 Å². The van der Waals surface area contributed by atoms with Crippen LogP contribution in [0.15, 0.2) is 146 Å². The zero-order valence-corrected chi connectivity index (χ0v) is 17.8. The van der Waals surface area contributed by atoms with E-state index in [1.165, 1.54) is 0 Å². The Morgan fingerprint density at radius 3 is 0.812 bits per heavy atom. The Kier molecular flexibility index (Phi) is 6.46. The predicted octanol–water partition coefficient (Wildman–Crippen LogP) is 5.97. The van der Waals surface area contributed by atoms with E-state index in [1.54, 1.807) is 24.3 Å². The van der Waals surface area contributed by atoms with Crippen molar-refractivity contribution in [1.29, 1.82) is 0 Å². The monoisotopic (exact) mass is 418 g/mol. The molecule has 0 bridgehead atoms. The van der Waals surface area contributed by atoms with Gasteiger partial charge in [0.1, 0.15) is 11.2 Å². The van der Waals surface area contributed by atoms with Crippen molar-refractivity contribution in [2.45, 2.75) is 11.2 Å². The molecule has 0 aliphatic carbocycles. The summed E-state index contributed by atoms with van der Waals surface area (Å²) in [5, 5.41) is 23.3. The summed E-state index contributed by atoms with van der Waals surface area (Å²) < 4.78 is 0. The fourth-order valence-corrected chi connectivity index (χ4v) is 3.88. The van der Waals surface area contributed by atoms with Gasteiger partial charge < -0.3 is 10.2 Å². The van der Waals surface area contributed by atoms with E-state index in [0.29, 0.717) is 0 Å². The minimum atomic E-state index is -1.29. The highest BCUT2D eigenvalue weighted by Crippen LogP contribution is 2.33. The van der Waals surface area contributed by atoms with E-state index in [-0.39, 0.29) is 0 Å². The van der Waals surface area contributed by atoms with Crippen LogP contribution in [0.3, 0.4) is 0 Å². The summed E-state index contributed by atoms with van der Waals surface area (Å²) in [5.74, 6) is 0. The van der Waals surface area contributed by atoms with E-state index in [0.717, 1.165) is 22.3 Å². The number of allylic oxidation sites excluding steroid dienone is 2. The third kappa shape index (κ3) is 4.47. The SMILES string of the molecule is OC(C=CC=CC(O)(c1ccccc1)c1ccccc1)(c1ccccc1)c1ccccc1. The summed E-state index contributed by atoms with van der Waals surface area (Å²) in [6.07, 6.45) is 7.09. The Morgan fingerprint density at radius 2 is 0.594 bits per heavy atom. The van der Waals surface area contributed by atoms with Gasteiger partial charge in [-0.05, 0) is 34.4 Å². The Morgan fingerprint density at radius 1 is 0.375 bits per heavy atom. The molecule has 0 fully saturated rings. The van der Waals surface area contributed by atoms with Crippen molar-refractivity contribution in [3.8, 4) is 0 Å². The number of aliphatic hydroxyl groups is 2. The lowest BCUT2D eigenvalue weighted by Gasteiger charge is -2.27. The molecule has 0 aliphatic heterocycles. The fraction of sp³-hybridized carbons (Fsp3) is 0.0667. The highest BCUT2D eigenvalue weighted by Gasteiger charge is 2.29. The van der Waals surface area contributed by atoms with Gasteiger partial charge in [-0.3, -0.25) is 0 Å². The van der Waals surface area contributed by atoms with Crippen LogP contribution >= 0.6 is 0 Å². The highest BCUT2D eigenvalue weighted by atomic mass is 16.3. The second-order valence-corrected chi connectivity index (χ2v) is 7.72. The van der Waals surface area contributed by atoms with Crippen LogP contribution in [0.5, 0.6) is 0 Å². The minimum Gasteiger partial charge on any atom is -0.377 e. The molecule has 0 heterocycles. The molecule has 0 unspecified atom stereocenters. The van der Waals surface area contributed by atoms with Crippen molar-refractivity contribution in [3.63, 3.8) is 0 Å². The van der Waals surface area contributed by atoms with Gasteiger partial charge in [0.15, 0.2) is 0 Å². The first-order chi connectivity index (χ1) is 15.6. The van der Waals surface area contributed by atoms with Gasteiger partial charge in [-0.25, -0.2) is 0 Å². The van der Waals surface area contributed by atoms with Crippen LogP contribution in [0.25, 0.3) is 0 Å². The molecular weight excluding hydrogens is 392 g/mol. The van der Waals surface area contributed by atoms with Gasteiger partial charge in [-0.15, -0.1) is 0 Å². The van der Waals surface area contributed by atoms with Gasteiger partial charge in [-0.1, -0.05) is 133 Å². The van der Waals surface area contributed by atoms with Crippen molar-refractivity contribution in [2.75, 3.05) is 0 Å². The Bertz CT molecular complexity index is 989. The molecule has 4 rings (SSSR count). The molecule has 4 aromatic carbocycles. The van der Waals surface area contributed by atoms with Gasteiger partial charge in [-0.2, -0.15) is 0 Å². The summed E-state index contributed by atoms with van der Waals surface area (Å²) in [7, 11) is 0. The number of rotatable bonds is 7. The van der Waals surface area contributed by atoms with E-state index < -0.39 is 11.2 Å². The minimum absolute atomic E-state index is 0.775. The first-order valence-electron chi connectivity index (χ1n) is 10.7. The lowest BCUT2D eigenvalue weighted by Crippen LogP contribution is -2.25. The van der Waals surface area contributed by atoms with Crippen LogP contribution in [0.1, 0.15) is 22.3 Å². The Balaban J connectivity index is 1.71. The van der Waals surface area contributed by atoms with Gasteiger partial charge >= 0.3 is 0 Å². The summed E-state index contributed by atoms with van der Waals surface area (Å²) in [6, 6.07) is 38.3. The number of benzene rings is 4. The maximum atomic E-state index is 11.6. The van der Waals surface area contributed by atoms with Crippen LogP contribution in [0, 0.1) is 0 Å². The van der Waals surface area contributed by atoms with E-state index in [1.807, 2.05) is 121 Å². The standard InChI is InChI=1S/C30H26O2/c31-29(25-15-5-1-6-16-25,26-17-7-2-8-18-26)23-13-14-24-30(32,27-19-9-3-10-20-27)28-21-11-4-12-22-28/h1-24,31-32H. The third-order valence-corrected chi connectivity index (χ3v) is 5.64. The van der Waals surface area contributed by atoms with E-state index in [2.05, 4.69) is 0 Å². The molecule has 0 atom stereocenters. The van der Waals surface area contributed by atoms with E-state index in [9.17, 15) is 10.2 Å². The van der Waals surface area contributed by atoms with Gasteiger partial charge in [0.25, 0.3) is 0 Å². The van der Waals surface area contributed by atoms with Crippen molar-refractivity contribution < 1.29 is 10.2 Å². The van der Waals surface area contributed by atoms with Gasteiger partial charge in [0.05, 0.1) is 0 Å². The summed E-state index contributed by atoms with van der Waals surface area (Å²) in [4.78, 5) is 0. The lowest BCUT2D eigenvalue weighted by molar-refractivity contribution is 0.133. The van der Waals surface area contributed by atoms with Crippen LogP contribution in [-0.2, 0) is 11.2 Å². The molecule has 2 heteroatoms. The maximum absolute atomic E-state index is 11.6. The normalized spacial score (nSPS) is 12.4. The lowest BCUT2D eigenvalue weighted by atomic mass is 9.85.